The number of hydrogen-bond donors (Lipinski definition) is 1. The first-order valence-electron chi connectivity index (χ1n) is 6.89. The first kappa shape index (κ1) is 14.5. The summed E-state index contributed by atoms with van der Waals surface area (Å²) in [5.41, 5.74) is 1.80. The van der Waals surface area contributed by atoms with Crippen molar-refractivity contribution in [2.24, 2.45) is 0 Å². The van der Waals surface area contributed by atoms with Crippen molar-refractivity contribution in [1.29, 1.82) is 0 Å². The van der Waals surface area contributed by atoms with Gasteiger partial charge in [0.2, 0.25) is 0 Å². The van der Waals surface area contributed by atoms with E-state index in [4.69, 9.17) is 11.6 Å². The van der Waals surface area contributed by atoms with E-state index in [-0.39, 0.29) is 30.1 Å². The standard InChI is InChI=1S/C17H13ClN2O2/c18-13-2-1-8-20-17(13)16(22)6-5-15(21)12-3-4-14-11(10-12)7-9-19-14/h1-4,7-10,19H,5-6H2. The number of Topliss-reactive ketones (excluding diaryl/α,β-unsaturated/α-hetero) is 2. The molecular formula is C17H13ClN2O2. The summed E-state index contributed by atoms with van der Waals surface area (Å²) in [6.07, 6.45) is 3.58. The zero-order valence-electron chi connectivity index (χ0n) is 11.7. The second-order valence-corrected chi connectivity index (χ2v) is 5.37. The molecule has 2 heterocycles. The average Bonchev–Trinajstić information content (AvgIpc) is 3.00. The molecule has 2 aromatic heterocycles. The number of aromatic amines is 1. The first-order valence-corrected chi connectivity index (χ1v) is 7.27. The van der Waals surface area contributed by atoms with Gasteiger partial charge >= 0.3 is 0 Å². The number of H-pyrrole nitrogens is 1. The van der Waals surface area contributed by atoms with Gasteiger partial charge in [0.25, 0.3) is 0 Å². The Morgan fingerprint density at radius 1 is 1.09 bits per heavy atom. The number of pyridine rings is 1. The van der Waals surface area contributed by atoms with Gasteiger partial charge in [-0.3, -0.25) is 14.6 Å². The molecule has 0 saturated heterocycles. The zero-order valence-corrected chi connectivity index (χ0v) is 12.4. The fourth-order valence-corrected chi connectivity index (χ4v) is 2.53. The number of carbonyl (C=O) groups is 2. The largest absolute Gasteiger partial charge is 0.361 e. The maximum atomic E-state index is 12.2. The van der Waals surface area contributed by atoms with E-state index in [2.05, 4.69) is 9.97 Å². The van der Waals surface area contributed by atoms with Crippen LogP contribution in [0.3, 0.4) is 0 Å². The minimum Gasteiger partial charge on any atom is -0.361 e. The van der Waals surface area contributed by atoms with Gasteiger partial charge in [-0.05, 0) is 36.4 Å². The van der Waals surface area contributed by atoms with E-state index < -0.39 is 0 Å². The van der Waals surface area contributed by atoms with Crippen LogP contribution >= 0.6 is 11.6 Å². The van der Waals surface area contributed by atoms with Crippen molar-refractivity contribution in [2.45, 2.75) is 12.8 Å². The van der Waals surface area contributed by atoms with Crippen LogP contribution < -0.4 is 0 Å². The lowest BCUT2D eigenvalue weighted by molar-refractivity contribution is 0.0915. The van der Waals surface area contributed by atoms with E-state index in [0.717, 1.165) is 10.9 Å². The molecule has 4 nitrogen and oxygen atoms in total. The first-order chi connectivity index (χ1) is 10.6. The summed E-state index contributed by atoms with van der Waals surface area (Å²) in [5, 5.41) is 1.29. The van der Waals surface area contributed by atoms with Crippen molar-refractivity contribution in [3.8, 4) is 0 Å². The molecule has 0 unspecified atom stereocenters. The highest BCUT2D eigenvalue weighted by molar-refractivity contribution is 6.33. The van der Waals surface area contributed by atoms with Crippen LogP contribution in [0.1, 0.15) is 33.7 Å². The summed E-state index contributed by atoms with van der Waals surface area (Å²) in [5.74, 6) is -0.287. The fourth-order valence-electron chi connectivity index (χ4n) is 2.31. The number of ketones is 2. The zero-order chi connectivity index (χ0) is 15.5. The number of halogens is 1. The van der Waals surface area contributed by atoms with Crippen LogP contribution in [0.15, 0.2) is 48.8 Å². The quantitative estimate of drug-likeness (QED) is 0.722. The van der Waals surface area contributed by atoms with Gasteiger partial charge in [0.15, 0.2) is 11.6 Å². The van der Waals surface area contributed by atoms with Crippen LogP contribution in [-0.4, -0.2) is 21.5 Å². The number of nitrogens with zero attached hydrogens (tertiary/aromatic N) is 1. The van der Waals surface area contributed by atoms with Gasteiger partial charge in [-0.2, -0.15) is 0 Å². The lowest BCUT2D eigenvalue weighted by Crippen LogP contribution is -2.07. The second kappa shape index (κ2) is 6.12. The Morgan fingerprint density at radius 2 is 1.91 bits per heavy atom. The number of carbonyl (C=O) groups excluding carboxylic acids is 2. The molecule has 0 radical (unpaired) electrons. The minimum atomic E-state index is -0.221. The molecule has 3 rings (SSSR count). The van der Waals surface area contributed by atoms with Crippen molar-refractivity contribution in [3.05, 3.63) is 65.1 Å². The molecule has 0 fully saturated rings. The Kier molecular flexibility index (Phi) is 4.02. The van der Waals surface area contributed by atoms with E-state index in [1.807, 2.05) is 24.4 Å². The summed E-state index contributed by atoms with van der Waals surface area (Å²) < 4.78 is 0. The minimum absolute atomic E-state index is 0.0662. The van der Waals surface area contributed by atoms with Crippen molar-refractivity contribution >= 4 is 34.1 Å². The summed E-state index contributed by atoms with van der Waals surface area (Å²) in [7, 11) is 0. The predicted octanol–water partition coefficient (Wildman–Crippen LogP) is 4.06. The second-order valence-electron chi connectivity index (χ2n) is 4.96. The van der Waals surface area contributed by atoms with Crippen LogP contribution in [0.2, 0.25) is 5.02 Å². The molecule has 0 aliphatic heterocycles. The topological polar surface area (TPSA) is 62.8 Å². The highest BCUT2D eigenvalue weighted by Gasteiger charge is 2.14. The normalized spacial score (nSPS) is 10.8. The smallest absolute Gasteiger partial charge is 0.183 e. The van der Waals surface area contributed by atoms with Crippen LogP contribution in [-0.2, 0) is 0 Å². The Morgan fingerprint density at radius 3 is 2.73 bits per heavy atom. The highest BCUT2D eigenvalue weighted by atomic mass is 35.5. The molecule has 3 aromatic rings. The summed E-state index contributed by atoms with van der Waals surface area (Å²) >= 11 is 5.93. The number of aromatic nitrogens is 2. The number of fused-ring (bicyclic) bond motifs is 1. The third-order valence-corrected chi connectivity index (χ3v) is 3.78. The van der Waals surface area contributed by atoms with Gasteiger partial charge in [0, 0.05) is 41.7 Å². The van der Waals surface area contributed by atoms with Gasteiger partial charge in [0.1, 0.15) is 5.69 Å². The number of benzene rings is 1. The molecule has 0 aliphatic rings. The Bertz CT molecular complexity index is 854. The molecule has 0 bridgehead atoms. The average molecular weight is 313 g/mol. The van der Waals surface area contributed by atoms with Gasteiger partial charge in [0.05, 0.1) is 5.02 Å². The molecule has 5 heteroatoms. The monoisotopic (exact) mass is 312 g/mol. The van der Waals surface area contributed by atoms with E-state index in [1.54, 1.807) is 18.2 Å². The van der Waals surface area contributed by atoms with Gasteiger partial charge in [-0.15, -0.1) is 0 Å². The number of rotatable bonds is 5. The van der Waals surface area contributed by atoms with E-state index in [1.165, 1.54) is 6.20 Å². The van der Waals surface area contributed by atoms with E-state index in [9.17, 15) is 9.59 Å². The molecular weight excluding hydrogens is 300 g/mol. The SMILES string of the molecule is O=C(CCC(=O)c1ncccc1Cl)c1ccc2[nH]ccc2c1. The summed E-state index contributed by atoms with van der Waals surface area (Å²) in [6, 6.07) is 10.6. The van der Waals surface area contributed by atoms with Crippen molar-refractivity contribution in [1.82, 2.24) is 9.97 Å². The third-order valence-electron chi connectivity index (χ3n) is 3.48. The maximum Gasteiger partial charge on any atom is 0.183 e. The molecule has 0 saturated carbocycles. The molecule has 110 valence electrons. The van der Waals surface area contributed by atoms with Crippen LogP contribution in [0.25, 0.3) is 10.9 Å². The van der Waals surface area contributed by atoms with Crippen molar-refractivity contribution in [3.63, 3.8) is 0 Å². The van der Waals surface area contributed by atoms with Gasteiger partial charge in [-0.25, -0.2) is 0 Å². The molecule has 0 spiro atoms. The fraction of sp³-hybridized carbons (Fsp3) is 0.118. The van der Waals surface area contributed by atoms with Crippen molar-refractivity contribution in [2.75, 3.05) is 0 Å². The van der Waals surface area contributed by atoms with Crippen LogP contribution in [0.4, 0.5) is 0 Å². The third kappa shape index (κ3) is 2.92. The Hall–Kier alpha value is -2.46. The van der Waals surface area contributed by atoms with Crippen molar-refractivity contribution < 1.29 is 9.59 Å². The Labute approximate surface area is 132 Å². The molecule has 0 atom stereocenters. The predicted molar refractivity (Wildman–Crippen MR) is 85.4 cm³/mol. The maximum absolute atomic E-state index is 12.2. The lowest BCUT2D eigenvalue weighted by atomic mass is 10.0. The Balaban J connectivity index is 1.69. The molecule has 0 aliphatic carbocycles. The van der Waals surface area contributed by atoms with Crippen LogP contribution in [0, 0.1) is 0 Å². The van der Waals surface area contributed by atoms with Crippen LogP contribution in [0.5, 0.6) is 0 Å². The van der Waals surface area contributed by atoms with E-state index in [0.29, 0.717) is 10.6 Å². The highest BCUT2D eigenvalue weighted by Crippen LogP contribution is 2.18. The molecule has 0 amide bonds. The lowest BCUT2D eigenvalue weighted by Gasteiger charge is -2.03. The number of hydrogen-bond acceptors (Lipinski definition) is 3. The molecule has 1 aromatic carbocycles. The molecule has 1 N–H and O–H groups in total. The van der Waals surface area contributed by atoms with Gasteiger partial charge in [-0.1, -0.05) is 11.6 Å². The summed E-state index contributed by atoms with van der Waals surface area (Å²) in [4.78, 5) is 31.3. The summed E-state index contributed by atoms with van der Waals surface area (Å²) in [6.45, 7) is 0. The van der Waals surface area contributed by atoms with E-state index >= 15 is 0 Å². The van der Waals surface area contributed by atoms with Gasteiger partial charge < -0.3 is 4.98 Å². The number of nitrogens with one attached hydrogen (secondary N) is 1. The molecule has 22 heavy (non-hydrogen) atoms.